The minimum Gasteiger partial charge on any atom is -0.478 e. The second-order valence-electron chi connectivity index (χ2n) is 7.72. The first-order chi connectivity index (χ1) is 16.3. The van der Waals surface area contributed by atoms with Gasteiger partial charge in [-0.1, -0.05) is 17.8 Å². The van der Waals surface area contributed by atoms with Crippen molar-refractivity contribution in [1.82, 2.24) is 5.01 Å². The number of carboxylic acids is 1. The lowest BCUT2D eigenvalue weighted by Gasteiger charge is -2.27. The summed E-state index contributed by atoms with van der Waals surface area (Å²) < 4.78 is 10.7. The van der Waals surface area contributed by atoms with Crippen molar-refractivity contribution in [3.63, 3.8) is 0 Å². The number of hydrazone groups is 1. The molecule has 1 fully saturated rings. The maximum Gasteiger partial charge on any atom is 0.335 e. The molecule has 0 spiro atoms. The Bertz CT molecular complexity index is 1160. The van der Waals surface area contributed by atoms with Gasteiger partial charge in [-0.2, -0.15) is 10.1 Å². The number of hydrogen-bond donors (Lipinski definition) is 3. The predicted octanol–water partition coefficient (Wildman–Crippen LogP) is 3.33. The Balaban J connectivity index is 1.32. The average Bonchev–Trinajstić information content (AvgIpc) is 3.28. The van der Waals surface area contributed by atoms with Gasteiger partial charge in [0.1, 0.15) is 5.25 Å². The first-order valence-corrected chi connectivity index (χ1v) is 11.3. The third-order valence-electron chi connectivity index (χ3n) is 5.22. The molecular formula is C23H22N4O6S. The number of carbonyl (C=O) groups excluding carboxylic acids is 2. The molecule has 2 aromatic carbocycles. The van der Waals surface area contributed by atoms with E-state index in [2.05, 4.69) is 10.4 Å². The van der Waals surface area contributed by atoms with Gasteiger partial charge in [0.25, 0.3) is 5.91 Å². The maximum atomic E-state index is 12.6. The number of nitrogens with zero attached hydrogens (tertiary/aromatic N) is 2. The molecule has 0 bridgehead atoms. The van der Waals surface area contributed by atoms with E-state index in [1.54, 1.807) is 6.92 Å². The normalized spacial score (nSPS) is 17.6. The number of aryl methyl sites for hydroxylation is 1. The van der Waals surface area contributed by atoms with Crippen molar-refractivity contribution in [2.24, 2.45) is 5.10 Å². The van der Waals surface area contributed by atoms with Crippen molar-refractivity contribution in [3.05, 3.63) is 53.6 Å². The van der Waals surface area contributed by atoms with E-state index in [1.807, 2.05) is 18.2 Å². The lowest BCUT2D eigenvalue weighted by atomic mass is 10.1. The molecule has 2 aliphatic rings. The summed E-state index contributed by atoms with van der Waals surface area (Å²) in [5.74, 6) is -0.513. The zero-order valence-corrected chi connectivity index (χ0v) is 19.1. The summed E-state index contributed by atoms with van der Waals surface area (Å²) in [6.45, 7) is 2.00. The molecule has 3 N–H and O–H groups in total. The highest BCUT2D eigenvalue weighted by Gasteiger charge is 2.35. The standard InChI is InChI=1S/C23H22N4O6S/c1-13(2-3-14-4-9-17-18(10-14)33-12-32-17)26-27-20(28)11-19(34-23(27)24)21(29)25-16-7-5-15(6-8-16)22(30)31/h4-10,19,24H,2-3,11-12H2,1H3,(H,25,29)(H,30,31)/b24-23?,26-13-/t19-/m0/s1. The number of ether oxygens (including phenoxy) is 2. The van der Waals surface area contributed by atoms with Crippen LogP contribution >= 0.6 is 11.8 Å². The summed E-state index contributed by atoms with van der Waals surface area (Å²) in [7, 11) is 0. The second kappa shape index (κ2) is 9.96. The highest BCUT2D eigenvalue weighted by atomic mass is 32.2. The Kier molecular flexibility index (Phi) is 6.82. The van der Waals surface area contributed by atoms with Gasteiger partial charge in [0, 0.05) is 11.4 Å². The first kappa shape index (κ1) is 23.3. The summed E-state index contributed by atoms with van der Waals surface area (Å²) in [5, 5.41) is 24.3. The van der Waals surface area contributed by atoms with Crippen molar-refractivity contribution >= 4 is 46.1 Å². The Morgan fingerprint density at radius 3 is 2.65 bits per heavy atom. The van der Waals surface area contributed by atoms with E-state index in [0.29, 0.717) is 30.0 Å². The molecule has 176 valence electrons. The average molecular weight is 483 g/mol. The van der Waals surface area contributed by atoms with E-state index < -0.39 is 23.0 Å². The molecule has 0 aliphatic carbocycles. The number of aromatic carboxylic acids is 1. The molecule has 4 rings (SSSR count). The number of benzene rings is 2. The number of carbonyl (C=O) groups is 3. The van der Waals surface area contributed by atoms with Crippen LogP contribution in [0.15, 0.2) is 47.6 Å². The Hall–Kier alpha value is -3.86. The molecule has 1 atom stereocenters. The van der Waals surface area contributed by atoms with Crippen LogP contribution in [0.4, 0.5) is 5.69 Å². The predicted molar refractivity (Wildman–Crippen MR) is 127 cm³/mol. The third kappa shape index (κ3) is 5.37. The highest BCUT2D eigenvalue weighted by Crippen LogP contribution is 2.33. The van der Waals surface area contributed by atoms with E-state index in [4.69, 9.17) is 20.0 Å². The van der Waals surface area contributed by atoms with E-state index >= 15 is 0 Å². The molecule has 1 saturated heterocycles. The van der Waals surface area contributed by atoms with Gasteiger partial charge < -0.3 is 19.9 Å². The fraction of sp³-hybridized carbons (Fsp3) is 0.261. The summed E-state index contributed by atoms with van der Waals surface area (Å²) >= 11 is 0.948. The minimum absolute atomic E-state index is 0.101. The van der Waals surface area contributed by atoms with Crippen molar-refractivity contribution in [2.75, 3.05) is 12.1 Å². The van der Waals surface area contributed by atoms with Gasteiger partial charge in [0.2, 0.25) is 12.7 Å². The molecule has 2 heterocycles. The van der Waals surface area contributed by atoms with E-state index in [0.717, 1.165) is 28.1 Å². The van der Waals surface area contributed by atoms with Crippen molar-refractivity contribution in [3.8, 4) is 11.5 Å². The van der Waals surface area contributed by atoms with Crippen LogP contribution in [0.1, 0.15) is 35.7 Å². The Morgan fingerprint density at radius 2 is 1.94 bits per heavy atom. The van der Waals surface area contributed by atoms with E-state index in [9.17, 15) is 14.4 Å². The van der Waals surface area contributed by atoms with Crippen LogP contribution in [0, 0.1) is 5.41 Å². The quantitative estimate of drug-likeness (QED) is 0.514. The second-order valence-corrected chi connectivity index (χ2v) is 8.91. The molecular weight excluding hydrogens is 460 g/mol. The molecule has 0 aromatic heterocycles. The van der Waals surface area contributed by atoms with Crippen LogP contribution in [0.3, 0.4) is 0 Å². The Morgan fingerprint density at radius 1 is 1.21 bits per heavy atom. The SMILES string of the molecule is C/C(CCc1ccc2c(c1)OCO2)=N/N1C(=N)S[C@H](C(=O)Nc2ccc(C(=O)O)cc2)CC1=O. The smallest absolute Gasteiger partial charge is 0.335 e. The molecule has 10 nitrogen and oxygen atoms in total. The lowest BCUT2D eigenvalue weighted by Crippen LogP contribution is -2.42. The number of rotatable bonds is 7. The maximum absolute atomic E-state index is 12.6. The van der Waals surface area contributed by atoms with Gasteiger partial charge in [-0.05, 0) is 61.7 Å². The summed E-state index contributed by atoms with van der Waals surface area (Å²) in [6.07, 6.45) is 1.16. The van der Waals surface area contributed by atoms with Crippen molar-refractivity contribution in [2.45, 2.75) is 31.4 Å². The fourth-order valence-corrected chi connectivity index (χ4v) is 4.30. The number of nitrogens with one attached hydrogen (secondary N) is 2. The molecule has 34 heavy (non-hydrogen) atoms. The van der Waals surface area contributed by atoms with Crippen LogP contribution in [0.5, 0.6) is 11.5 Å². The van der Waals surface area contributed by atoms with Gasteiger partial charge in [-0.15, -0.1) is 0 Å². The molecule has 11 heteroatoms. The monoisotopic (exact) mass is 482 g/mol. The van der Waals surface area contributed by atoms with Gasteiger partial charge in [0.15, 0.2) is 16.7 Å². The molecule has 2 aromatic rings. The zero-order chi connectivity index (χ0) is 24.2. The number of hydrogen-bond acceptors (Lipinski definition) is 8. The van der Waals surface area contributed by atoms with Crippen LogP contribution in [-0.2, 0) is 16.0 Å². The summed E-state index contributed by atoms with van der Waals surface area (Å²) in [5.41, 5.74) is 2.23. The topological polar surface area (TPSA) is 141 Å². The van der Waals surface area contributed by atoms with Gasteiger partial charge >= 0.3 is 5.97 Å². The van der Waals surface area contributed by atoms with Crippen LogP contribution < -0.4 is 14.8 Å². The number of amides is 2. The van der Waals surface area contributed by atoms with Crippen LogP contribution in [0.25, 0.3) is 0 Å². The number of amidine groups is 1. The number of anilines is 1. The fourth-order valence-electron chi connectivity index (χ4n) is 3.39. The van der Waals surface area contributed by atoms with Gasteiger partial charge in [-0.25, -0.2) is 4.79 Å². The Labute approximate surface area is 199 Å². The number of fused-ring (bicyclic) bond motifs is 1. The van der Waals surface area contributed by atoms with Crippen LogP contribution in [-0.4, -0.2) is 50.8 Å². The van der Waals surface area contributed by atoms with Gasteiger partial charge in [-0.3, -0.25) is 15.0 Å². The molecule has 0 unspecified atom stereocenters. The van der Waals surface area contributed by atoms with Crippen LogP contribution in [0.2, 0.25) is 0 Å². The van der Waals surface area contributed by atoms with E-state index in [-0.39, 0.29) is 23.9 Å². The lowest BCUT2D eigenvalue weighted by molar-refractivity contribution is -0.129. The van der Waals surface area contributed by atoms with E-state index in [1.165, 1.54) is 24.3 Å². The summed E-state index contributed by atoms with van der Waals surface area (Å²) in [6, 6.07) is 11.4. The molecule has 0 radical (unpaired) electrons. The van der Waals surface area contributed by atoms with Gasteiger partial charge in [0.05, 0.1) is 12.0 Å². The van der Waals surface area contributed by atoms with Crippen molar-refractivity contribution < 1.29 is 29.0 Å². The molecule has 0 saturated carbocycles. The molecule has 2 amide bonds. The molecule has 2 aliphatic heterocycles. The zero-order valence-electron chi connectivity index (χ0n) is 18.2. The third-order valence-corrected chi connectivity index (χ3v) is 6.28. The number of thioether (sulfide) groups is 1. The minimum atomic E-state index is -1.06. The van der Waals surface area contributed by atoms with Crippen molar-refractivity contribution in [1.29, 1.82) is 5.41 Å². The largest absolute Gasteiger partial charge is 0.478 e. The summed E-state index contributed by atoms with van der Waals surface area (Å²) in [4.78, 5) is 36.1. The first-order valence-electron chi connectivity index (χ1n) is 10.4. The highest BCUT2D eigenvalue weighted by molar-refractivity contribution is 8.14. The number of carboxylic acid groups (broad SMARTS) is 1.